The fraction of sp³-hybridized carbons (Fsp3) is 0.0714. The Bertz CT molecular complexity index is 751. The van der Waals surface area contributed by atoms with E-state index in [0.29, 0.717) is 0 Å². The van der Waals surface area contributed by atoms with E-state index in [2.05, 4.69) is 10.2 Å². The van der Waals surface area contributed by atoms with Crippen LogP contribution < -0.4 is 0 Å². The third-order valence-electron chi connectivity index (χ3n) is 2.86. The Morgan fingerprint density at radius 3 is 2.89 bits per heavy atom. The van der Waals surface area contributed by atoms with Crippen molar-refractivity contribution in [1.82, 2.24) is 14.6 Å². The van der Waals surface area contributed by atoms with Crippen molar-refractivity contribution in [2.24, 2.45) is 0 Å². The lowest BCUT2D eigenvalue weighted by Gasteiger charge is -2.03. The second-order valence-corrected chi connectivity index (χ2v) is 5.19. The lowest BCUT2D eigenvalue weighted by atomic mass is 10.1. The molecule has 0 amide bonds. The summed E-state index contributed by atoms with van der Waals surface area (Å²) in [5.74, 6) is 0. The molecule has 5 heteroatoms. The summed E-state index contributed by atoms with van der Waals surface area (Å²) in [5, 5.41) is 9.09. The maximum absolute atomic E-state index is 10.8. The van der Waals surface area contributed by atoms with E-state index >= 15 is 0 Å². The highest BCUT2D eigenvalue weighted by molar-refractivity contribution is 7.99. The van der Waals surface area contributed by atoms with E-state index in [-0.39, 0.29) is 0 Å². The molecule has 3 rings (SSSR count). The maximum Gasteiger partial charge on any atom is 0.200 e. The molecule has 1 aromatic carbocycles. The lowest BCUT2D eigenvalue weighted by molar-refractivity contribution is 0.112. The van der Waals surface area contributed by atoms with Gasteiger partial charge in [0.2, 0.25) is 0 Å². The van der Waals surface area contributed by atoms with Crippen LogP contribution in [0.2, 0.25) is 0 Å². The predicted octanol–water partition coefficient (Wildman–Crippen LogP) is 3.00. The summed E-state index contributed by atoms with van der Waals surface area (Å²) in [6.45, 7) is 1.93. The van der Waals surface area contributed by atoms with Crippen molar-refractivity contribution in [1.29, 1.82) is 0 Å². The number of pyridine rings is 1. The van der Waals surface area contributed by atoms with E-state index in [1.165, 1.54) is 11.8 Å². The van der Waals surface area contributed by atoms with Crippen LogP contribution in [0.3, 0.4) is 0 Å². The molecule has 0 fully saturated rings. The van der Waals surface area contributed by atoms with Gasteiger partial charge in [-0.2, -0.15) is 0 Å². The van der Waals surface area contributed by atoms with Gasteiger partial charge in [-0.15, -0.1) is 10.2 Å². The van der Waals surface area contributed by atoms with Gasteiger partial charge in [0.05, 0.1) is 0 Å². The first-order valence-electron chi connectivity index (χ1n) is 5.81. The molecule has 0 aliphatic rings. The molecule has 2 heterocycles. The van der Waals surface area contributed by atoms with Crippen molar-refractivity contribution >= 4 is 23.7 Å². The molecule has 0 saturated heterocycles. The Morgan fingerprint density at radius 2 is 2.11 bits per heavy atom. The zero-order chi connectivity index (χ0) is 13.2. The fourth-order valence-corrected chi connectivity index (χ4v) is 2.76. The molecule has 3 aromatic rings. The van der Waals surface area contributed by atoms with Gasteiger partial charge in [0, 0.05) is 16.7 Å². The number of benzene rings is 1. The summed E-state index contributed by atoms with van der Waals surface area (Å²) in [7, 11) is 0. The zero-order valence-electron chi connectivity index (χ0n) is 10.3. The largest absolute Gasteiger partial charge is 0.298 e. The van der Waals surface area contributed by atoms with E-state index in [9.17, 15) is 4.79 Å². The third-order valence-corrected chi connectivity index (χ3v) is 3.81. The summed E-state index contributed by atoms with van der Waals surface area (Å²) in [6.07, 6.45) is 2.81. The Labute approximate surface area is 114 Å². The van der Waals surface area contributed by atoms with E-state index in [1.807, 2.05) is 53.9 Å². The molecule has 0 N–H and O–H groups in total. The number of aromatic nitrogens is 3. The number of rotatable bonds is 3. The molecule has 0 aliphatic carbocycles. The highest BCUT2D eigenvalue weighted by Gasteiger charge is 2.07. The van der Waals surface area contributed by atoms with E-state index in [0.717, 1.165) is 33.1 Å². The number of nitrogens with zero attached hydrogens (tertiary/aromatic N) is 3. The van der Waals surface area contributed by atoms with Crippen LogP contribution >= 0.6 is 11.8 Å². The smallest absolute Gasteiger partial charge is 0.200 e. The van der Waals surface area contributed by atoms with Gasteiger partial charge in [-0.25, -0.2) is 0 Å². The van der Waals surface area contributed by atoms with Crippen molar-refractivity contribution in [2.45, 2.75) is 17.0 Å². The number of aryl methyl sites for hydroxylation is 1. The summed E-state index contributed by atoms with van der Waals surface area (Å²) < 4.78 is 1.94. The van der Waals surface area contributed by atoms with Gasteiger partial charge in [0.25, 0.3) is 0 Å². The Kier molecular flexibility index (Phi) is 3.05. The van der Waals surface area contributed by atoms with Crippen LogP contribution in [-0.2, 0) is 0 Å². The molecule has 0 aliphatic heterocycles. The van der Waals surface area contributed by atoms with Crippen LogP contribution in [0.1, 0.15) is 15.9 Å². The number of carbonyl (C=O) groups excluding carboxylic acids is 1. The van der Waals surface area contributed by atoms with Gasteiger partial charge in [-0.3, -0.25) is 9.20 Å². The first-order chi connectivity index (χ1) is 9.28. The summed E-state index contributed by atoms with van der Waals surface area (Å²) in [5.41, 5.74) is 2.51. The Balaban J connectivity index is 1.97. The average molecular weight is 269 g/mol. The van der Waals surface area contributed by atoms with Crippen LogP contribution in [0.15, 0.2) is 52.6 Å². The van der Waals surface area contributed by atoms with E-state index < -0.39 is 0 Å². The normalized spacial score (nSPS) is 10.8. The average Bonchev–Trinajstić information content (AvgIpc) is 2.83. The van der Waals surface area contributed by atoms with Gasteiger partial charge in [0.15, 0.2) is 10.8 Å². The van der Waals surface area contributed by atoms with Crippen LogP contribution in [-0.4, -0.2) is 20.9 Å². The molecule has 0 spiro atoms. The van der Waals surface area contributed by atoms with E-state index in [4.69, 9.17) is 0 Å². The SMILES string of the molecule is Cc1cc(Sc2nnc3ccccn23)ccc1C=O. The standard InChI is InChI=1S/C14H11N3OS/c1-10-8-12(6-5-11(10)9-18)19-14-16-15-13-4-2-3-7-17(13)14/h2-9H,1H3. The van der Waals surface area contributed by atoms with Crippen molar-refractivity contribution in [3.63, 3.8) is 0 Å². The van der Waals surface area contributed by atoms with Crippen molar-refractivity contribution in [3.05, 3.63) is 53.7 Å². The van der Waals surface area contributed by atoms with Crippen LogP contribution in [0.4, 0.5) is 0 Å². The molecular formula is C14H11N3OS. The number of hydrogen-bond acceptors (Lipinski definition) is 4. The van der Waals surface area contributed by atoms with Crippen LogP contribution in [0.25, 0.3) is 5.65 Å². The summed E-state index contributed by atoms with van der Waals surface area (Å²) in [6, 6.07) is 11.5. The minimum atomic E-state index is 0.718. The second kappa shape index (κ2) is 4.85. The maximum atomic E-state index is 10.8. The van der Waals surface area contributed by atoms with Gasteiger partial charge in [0.1, 0.15) is 6.29 Å². The van der Waals surface area contributed by atoms with Crippen LogP contribution in [0.5, 0.6) is 0 Å². The third kappa shape index (κ3) is 2.24. The molecule has 19 heavy (non-hydrogen) atoms. The summed E-state index contributed by atoms with van der Waals surface area (Å²) >= 11 is 1.53. The van der Waals surface area contributed by atoms with Gasteiger partial charge < -0.3 is 0 Å². The molecule has 0 atom stereocenters. The molecule has 94 valence electrons. The number of carbonyl (C=O) groups is 1. The van der Waals surface area contributed by atoms with Gasteiger partial charge in [-0.05, 0) is 48.5 Å². The first kappa shape index (κ1) is 11.9. The highest BCUT2D eigenvalue weighted by atomic mass is 32.2. The molecule has 0 unspecified atom stereocenters. The lowest BCUT2D eigenvalue weighted by Crippen LogP contribution is -1.88. The molecule has 0 bridgehead atoms. The van der Waals surface area contributed by atoms with Crippen molar-refractivity contribution < 1.29 is 4.79 Å². The predicted molar refractivity (Wildman–Crippen MR) is 73.7 cm³/mol. The Morgan fingerprint density at radius 1 is 1.21 bits per heavy atom. The summed E-state index contributed by atoms with van der Waals surface area (Å²) in [4.78, 5) is 11.8. The minimum Gasteiger partial charge on any atom is -0.298 e. The number of aldehydes is 1. The molecule has 0 radical (unpaired) electrons. The monoisotopic (exact) mass is 269 g/mol. The second-order valence-electron chi connectivity index (χ2n) is 4.15. The highest BCUT2D eigenvalue weighted by Crippen LogP contribution is 2.27. The van der Waals surface area contributed by atoms with Crippen molar-refractivity contribution in [3.8, 4) is 0 Å². The number of fused-ring (bicyclic) bond motifs is 1. The molecular weight excluding hydrogens is 258 g/mol. The van der Waals surface area contributed by atoms with Crippen molar-refractivity contribution in [2.75, 3.05) is 0 Å². The Hall–Kier alpha value is -2.14. The molecule has 4 nitrogen and oxygen atoms in total. The minimum absolute atomic E-state index is 0.718. The fourth-order valence-electron chi connectivity index (χ4n) is 1.84. The van der Waals surface area contributed by atoms with E-state index in [1.54, 1.807) is 0 Å². The molecule has 0 saturated carbocycles. The number of hydrogen-bond donors (Lipinski definition) is 0. The molecule has 2 aromatic heterocycles. The topological polar surface area (TPSA) is 47.3 Å². The van der Waals surface area contributed by atoms with Crippen LogP contribution in [0, 0.1) is 6.92 Å². The van der Waals surface area contributed by atoms with Gasteiger partial charge in [-0.1, -0.05) is 12.1 Å². The first-order valence-corrected chi connectivity index (χ1v) is 6.63. The van der Waals surface area contributed by atoms with Gasteiger partial charge >= 0.3 is 0 Å². The zero-order valence-corrected chi connectivity index (χ0v) is 11.1. The quantitative estimate of drug-likeness (QED) is 0.686.